The first-order valence-electron chi connectivity index (χ1n) is 9.28. The Labute approximate surface area is 160 Å². The number of anilines is 2. The lowest BCUT2D eigenvalue weighted by Gasteiger charge is -2.35. The summed E-state index contributed by atoms with van der Waals surface area (Å²) in [5.74, 6) is 1.19. The molecule has 2 heterocycles. The van der Waals surface area contributed by atoms with Crippen LogP contribution < -0.4 is 10.2 Å². The van der Waals surface area contributed by atoms with Crippen molar-refractivity contribution >= 4 is 17.4 Å². The number of carbonyl (C=O) groups is 1. The fourth-order valence-corrected chi connectivity index (χ4v) is 3.52. The van der Waals surface area contributed by atoms with Gasteiger partial charge in [-0.05, 0) is 43.2 Å². The Kier molecular flexibility index (Phi) is 4.64. The van der Waals surface area contributed by atoms with Crippen molar-refractivity contribution in [1.82, 2.24) is 15.1 Å². The van der Waals surface area contributed by atoms with Gasteiger partial charge in [0.25, 0.3) is 0 Å². The van der Waals surface area contributed by atoms with Crippen molar-refractivity contribution in [3.8, 4) is 0 Å². The summed E-state index contributed by atoms with van der Waals surface area (Å²) in [6, 6.07) is 7.21. The van der Waals surface area contributed by atoms with Gasteiger partial charge in [0.15, 0.2) is 0 Å². The molecule has 0 radical (unpaired) electrons. The molecule has 148 valence electrons. The van der Waals surface area contributed by atoms with Gasteiger partial charge in [-0.2, -0.15) is 18.3 Å². The summed E-state index contributed by atoms with van der Waals surface area (Å²) < 4.78 is 40.6. The number of halogens is 3. The standard InChI is InChI=1S/C20H21F3N4O/c1-2-18(28)24-10-13-11-26(16-7-5-15(6-8-16)20(21,22)23)19-9-17(14-3-4-14)25-27(19)12-13/h2,5-9,13-14H,1,3-4,10-12H2,(H,24,28). The van der Waals surface area contributed by atoms with Crippen LogP contribution in [0.4, 0.5) is 24.7 Å². The molecule has 5 nitrogen and oxygen atoms in total. The van der Waals surface area contributed by atoms with Gasteiger partial charge in [-0.1, -0.05) is 6.58 Å². The molecule has 1 aliphatic heterocycles. The summed E-state index contributed by atoms with van der Waals surface area (Å²) in [5, 5.41) is 7.51. The summed E-state index contributed by atoms with van der Waals surface area (Å²) in [6.45, 7) is 5.12. The number of benzene rings is 1. The van der Waals surface area contributed by atoms with E-state index in [2.05, 4.69) is 11.9 Å². The van der Waals surface area contributed by atoms with E-state index in [1.54, 1.807) is 0 Å². The molecule has 1 atom stereocenters. The number of amides is 1. The monoisotopic (exact) mass is 390 g/mol. The van der Waals surface area contributed by atoms with Gasteiger partial charge in [0.05, 0.1) is 11.3 Å². The quantitative estimate of drug-likeness (QED) is 0.789. The third kappa shape index (κ3) is 3.76. The van der Waals surface area contributed by atoms with Crippen LogP contribution in [0.2, 0.25) is 0 Å². The maximum atomic E-state index is 12.9. The summed E-state index contributed by atoms with van der Waals surface area (Å²) in [5.41, 5.74) is 1.04. The zero-order valence-electron chi connectivity index (χ0n) is 15.2. The van der Waals surface area contributed by atoms with Crippen LogP contribution in [0.15, 0.2) is 43.0 Å². The second-order valence-electron chi connectivity index (χ2n) is 7.35. The van der Waals surface area contributed by atoms with Crippen molar-refractivity contribution in [2.24, 2.45) is 5.92 Å². The number of hydrogen-bond donors (Lipinski definition) is 1. The molecule has 1 N–H and O–H groups in total. The van der Waals surface area contributed by atoms with E-state index in [9.17, 15) is 18.0 Å². The van der Waals surface area contributed by atoms with E-state index in [1.165, 1.54) is 18.2 Å². The van der Waals surface area contributed by atoms with Gasteiger partial charge in [-0.3, -0.25) is 4.79 Å². The van der Waals surface area contributed by atoms with E-state index >= 15 is 0 Å². The van der Waals surface area contributed by atoms with E-state index in [1.807, 2.05) is 15.6 Å². The largest absolute Gasteiger partial charge is 0.416 e. The molecule has 1 saturated carbocycles. The maximum absolute atomic E-state index is 12.9. The average molecular weight is 390 g/mol. The van der Waals surface area contributed by atoms with Crippen LogP contribution in [0.3, 0.4) is 0 Å². The molecule has 1 aromatic carbocycles. The van der Waals surface area contributed by atoms with Crippen LogP contribution in [-0.4, -0.2) is 28.8 Å². The van der Waals surface area contributed by atoms with Crippen LogP contribution in [0.5, 0.6) is 0 Å². The Morgan fingerprint density at radius 2 is 1.96 bits per heavy atom. The lowest BCUT2D eigenvalue weighted by atomic mass is 10.1. The number of nitrogens with one attached hydrogen (secondary N) is 1. The molecule has 1 aromatic heterocycles. The van der Waals surface area contributed by atoms with Crippen LogP contribution in [0, 0.1) is 5.92 Å². The third-order valence-corrected chi connectivity index (χ3v) is 5.18. The molecule has 28 heavy (non-hydrogen) atoms. The highest BCUT2D eigenvalue weighted by atomic mass is 19.4. The van der Waals surface area contributed by atoms with Crippen LogP contribution in [0.1, 0.15) is 30.0 Å². The van der Waals surface area contributed by atoms with Crippen LogP contribution in [-0.2, 0) is 17.5 Å². The highest BCUT2D eigenvalue weighted by Gasteiger charge is 2.33. The summed E-state index contributed by atoms with van der Waals surface area (Å²) in [4.78, 5) is 13.5. The minimum Gasteiger partial charge on any atom is -0.352 e. The molecule has 1 fully saturated rings. The van der Waals surface area contributed by atoms with Crippen molar-refractivity contribution in [1.29, 1.82) is 0 Å². The molecule has 0 bridgehead atoms. The van der Waals surface area contributed by atoms with Crippen molar-refractivity contribution in [3.63, 3.8) is 0 Å². The molecule has 2 aliphatic rings. The van der Waals surface area contributed by atoms with Crippen LogP contribution >= 0.6 is 0 Å². The number of carbonyl (C=O) groups excluding carboxylic acids is 1. The van der Waals surface area contributed by atoms with Gasteiger partial charge in [0.2, 0.25) is 5.91 Å². The Hall–Kier alpha value is -2.77. The SMILES string of the molecule is C=CC(=O)NCC1CN(c2ccc(C(F)(F)F)cc2)c2cc(C3CC3)nn2C1. The molecule has 1 amide bonds. The molecule has 4 rings (SSSR count). The molecule has 2 aromatic rings. The van der Waals surface area contributed by atoms with Gasteiger partial charge in [0, 0.05) is 43.2 Å². The predicted octanol–water partition coefficient (Wildman–Crippen LogP) is 3.85. The first-order valence-corrected chi connectivity index (χ1v) is 9.28. The molecule has 0 spiro atoms. The van der Waals surface area contributed by atoms with Gasteiger partial charge in [-0.15, -0.1) is 0 Å². The van der Waals surface area contributed by atoms with Gasteiger partial charge in [-0.25, -0.2) is 4.68 Å². The fraction of sp³-hybridized carbons (Fsp3) is 0.400. The molecule has 0 saturated heterocycles. The first-order chi connectivity index (χ1) is 13.3. The number of hydrogen-bond acceptors (Lipinski definition) is 3. The van der Waals surface area contributed by atoms with Crippen molar-refractivity contribution in [2.45, 2.75) is 31.5 Å². The third-order valence-electron chi connectivity index (χ3n) is 5.18. The van der Waals surface area contributed by atoms with Gasteiger partial charge >= 0.3 is 6.18 Å². The molecule has 8 heteroatoms. The zero-order valence-corrected chi connectivity index (χ0v) is 15.2. The van der Waals surface area contributed by atoms with Crippen LogP contribution in [0.25, 0.3) is 0 Å². The Morgan fingerprint density at radius 1 is 1.25 bits per heavy atom. The van der Waals surface area contributed by atoms with E-state index in [-0.39, 0.29) is 11.8 Å². The highest BCUT2D eigenvalue weighted by Crippen LogP contribution is 2.42. The van der Waals surface area contributed by atoms with Crippen molar-refractivity contribution in [2.75, 3.05) is 18.0 Å². The highest BCUT2D eigenvalue weighted by molar-refractivity contribution is 5.86. The van der Waals surface area contributed by atoms with E-state index < -0.39 is 11.7 Å². The lowest BCUT2D eigenvalue weighted by Crippen LogP contribution is -2.41. The Balaban J connectivity index is 1.62. The summed E-state index contributed by atoms with van der Waals surface area (Å²) in [6.07, 6.45) is -0.898. The average Bonchev–Trinajstić information content (AvgIpc) is 3.44. The van der Waals surface area contributed by atoms with E-state index in [0.717, 1.165) is 36.5 Å². The van der Waals surface area contributed by atoms with Gasteiger partial charge < -0.3 is 10.2 Å². The first kappa shape index (κ1) is 18.6. The summed E-state index contributed by atoms with van der Waals surface area (Å²) >= 11 is 0. The van der Waals surface area contributed by atoms with E-state index in [0.29, 0.717) is 31.2 Å². The number of rotatable bonds is 5. The topological polar surface area (TPSA) is 50.2 Å². The van der Waals surface area contributed by atoms with Crippen molar-refractivity contribution in [3.05, 3.63) is 54.2 Å². The number of aromatic nitrogens is 2. The maximum Gasteiger partial charge on any atom is 0.416 e. The molecule has 1 unspecified atom stereocenters. The number of alkyl halides is 3. The molecular formula is C20H21F3N4O. The van der Waals surface area contributed by atoms with Gasteiger partial charge in [0.1, 0.15) is 5.82 Å². The molecule has 1 aliphatic carbocycles. The summed E-state index contributed by atoms with van der Waals surface area (Å²) in [7, 11) is 0. The van der Waals surface area contributed by atoms with E-state index in [4.69, 9.17) is 5.10 Å². The second-order valence-corrected chi connectivity index (χ2v) is 7.35. The normalized spacial score (nSPS) is 19.2. The lowest BCUT2D eigenvalue weighted by molar-refractivity contribution is -0.137. The second kappa shape index (κ2) is 7.00. The molecular weight excluding hydrogens is 369 g/mol. The smallest absolute Gasteiger partial charge is 0.352 e. The number of fused-ring (bicyclic) bond motifs is 1. The predicted molar refractivity (Wildman–Crippen MR) is 99.3 cm³/mol. The fourth-order valence-electron chi connectivity index (χ4n) is 3.52. The zero-order chi connectivity index (χ0) is 19.9. The van der Waals surface area contributed by atoms with Crippen molar-refractivity contribution < 1.29 is 18.0 Å². The Morgan fingerprint density at radius 3 is 2.57 bits per heavy atom. The minimum absolute atomic E-state index is 0.0747. The Bertz CT molecular complexity index is 884. The minimum atomic E-state index is -4.36. The number of nitrogens with zero attached hydrogens (tertiary/aromatic N) is 3.